The third-order valence-corrected chi connectivity index (χ3v) is 3.98. The molecule has 3 aromatic rings. The third kappa shape index (κ3) is 3.97. The quantitative estimate of drug-likeness (QED) is 0.467. The monoisotopic (exact) mass is 347 g/mol. The van der Waals surface area contributed by atoms with E-state index < -0.39 is 0 Å². The molecule has 0 amide bonds. The number of aromatic nitrogens is 2. The Morgan fingerprint density at radius 2 is 2.00 bits per heavy atom. The summed E-state index contributed by atoms with van der Waals surface area (Å²) in [5.74, 6) is 2.23. The maximum atomic E-state index is 7.46. The highest BCUT2D eigenvalue weighted by atomic mass is 16.5. The molecule has 0 bridgehead atoms. The predicted molar refractivity (Wildman–Crippen MR) is 105 cm³/mol. The zero-order valence-corrected chi connectivity index (χ0v) is 14.8. The molecule has 0 aliphatic carbocycles. The Morgan fingerprint density at radius 3 is 2.77 bits per heavy atom. The van der Waals surface area contributed by atoms with E-state index in [-0.39, 0.29) is 0 Å². The Labute approximate surface area is 152 Å². The molecule has 0 unspecified atom stereocenters. The van der Waals surface area contributed by atoms with Gasteiger partial charge >= 0.3 is 0 Å². The van der Waals surface area contributed by atoms with Crippen LogP contribution in [0.15, 0.2) is 48.5 Å². The van der Waals surface area contributed by atoms with E-state index in [0.717, 1.165) is 28.4 Å². The molecule has 2 aromatic carbocycles. The lowest BCUT2D eigenvalue weighted by Gasteiger charge is -2.10. The first kappa shape index (κ1) is 17.4. The zero-order valence-electron chi connectivity index (χ0n) is 14.8. The number of aryl methyl sites for hydroxylation is 1. The van der Waals surface area contributed by atoms with Crippen molar-refractivity contribution in [2.75, 3.05) is 18.2 Å². The summed E-state index contributed by atoms with van der Waals surface area (Å²) in [6.45, 7) is 2.48. The number of methoxy groups -OCH3 is 1. The van der Waals surface area contributed by atoms with E-state index in [0.29, 0.717) is 23.6 Å². The van der Waals surface area contributed by atoms with Crippen molar-refractivity contribution in [3.05, 3.63) is 65.5 Å². The van der Waals surface area contributed by atoms with Gasteiger partial charge in [0.15, 0.2) is 0 Å². The molecule has 0 spiro atoms. The van der Waals surface area contributed by atoms with Gasteiger partial charge in [0, 0.05) is 35.6 Å². The van der Waals surface area contributed by atoms with E-state index in [1.807, 2.05) is 49.4 Å². The van der Waals surface area contributed by atoms with Crippen molar-refractivity contribution >= 4 is 17.7 Å². The molecule has 0 saturated heterocycles. The highest BCUT2D eigenvalue weighted by Gasteiger charge is 2.07. The lowest BCUT2D eigenvalue weighted by molar-refractivity contribution is 0.414. The molecule has 4 N–H and O–H groups in total. The minimum absolute atomic E-state index is 0.575. The minimum atomic E-state index is 0.575. The number of nitrogen functional groups attached to an aromatic ring is 1. The average Bonchev–Trinajstić information content (AvgIpc) is 2.66. The summed E-state index contributed by atoms with van der Waals surface area (Å²) in [5, 5.41) is 10.8. The van der Waals surface area contributed by atoms with Gasteiger partial charge in [-0.1, -0.05) is 18.2 Å². The second-order valence-electron chi connectivity index (χ2n) is 5.88. The van der Waals surface area contributed by atoms with Crippen molar-refractivity contribution < 1.29 is 4.74 Å². The molecular formula is C20H21N5O. The fourth-order valence-corrected chi connectivity index (χ4v) is 2.64. The lowest BCUT2D eigenvalue weighted by atomic mass is 10.1. The van der Waals surface area contributed by atoms with Gasteiger partial charge in [0.1, 0.15) is 17.4 Å². The second kappa shape index (κ2) is 7.65. The van der Waals surface area contributed by atoms with Gasteiger partial charge in [0.25, 0.3) is 0 Å². The summed E-state index contributed by atoms with van der Waals surface area (Å²) in [7, 11) is 1.65. The fourth-order valence-electron chi connectivity index (χ4n) is 2.64. The Bertz CT molecular complexity index is 939. The van der Waals surface area contributed by atoms with E-state index in [4.69, 9.17) is 15.9 Å². The molecule has 6 heteroatoms. The number of hydrogen-bond acceptors (Lipinski definition) is 6. The number of nitrogens with two attached hydrogens (primary N) is 1. The number of rotatable bonds is 6. The number of ether oxygens (including phenoxy) is 1. The molecule has 0 saturated carbocycles. The van der Waals surface area contributed by atoms with E-state index in [1.165, 1.54) is 6.21 Å². The standard InChI is InChI=1S/C20H21N5O/c1-13-24-19(15-6-7-18(22)16(9-15)11-21)10-20(25-13)23-12-14-4-3-5-17(8-14)26-2/h3-11,21H,12,22H2,1-2H3,(H,23,24,25). The molecule has 3 rings (SSSR count). The third-order valence-electron chi connectivity index (χ3n) is 3.98. The molecule has 0 radical (unpaired) electrons. The van der Waals surface area contributed by atoms with Crippen molar-refractivity contribution in [3.63, 3.8) is 0 Å². The number of anilines is 2. The molecule has 6 nitrogen and oxygen atoms in total. The fraction of sp³-hybridized carbons (Fsp3) is 0.150. The van der Waals surface area contributed by atoms with Crippen LogP contribution in [0, 0.1) is 12.3 Å². The zero-order chi connectivity index (χ0) is 18.5. The van der Waals surface area contributed by atoms with Crippen LogP contribution in [0.25, 0.3) is 11.3 Å². The van der Waals surface area contributed by atoms with Crippen LogP contribution in [-0.2, 0) is 6.54 Å². The maximum absolute atomic E-state index is 7.46. The number of nitrogens with one attached hydrogen (secondary N) is 2. The maximum Gasteiger partial charge on any atom is 0.130 e. The van der Waals surface area contributed by atoms with Gasteiger partial charge in [-0.15, -0.1) is 0 Å². The summed E-state index contributed by atoms with van der Waals surface area (Å²) in [6.07, 6.45) is 1.24. The molecule has 0 aliphatic heterocycles. The Balaban J connectivity index is 1.84. The van der Waals surface area contributed by atoms with Crippen molar-refractivity contribution in [2.45, 2.75) is 13.5 Å². The SMILES string of the molecule is COc1cccc(CNc2cc(-c3ccc(N)c(C=N)c3)nc(C)n2)c1. The van der Waals surface area contributed by atoms with Crippen molar-refractivity contribution in [1.29, 1.82) is 5.41 Å². The van der Waals surface area contributed by atoms with Gasteiger partial charge in [-0.2, -0.15) is 0 Å². The van der Waals surface area contributed by atoms with E-state index in [2.05, 4.69) is 15.3 Å². The van der Waals surface area contributed by atoms with E-state index in [1.54, 1.807) is 13.2 Å². The summed E-state index contributed by atoms with van der Waals surface area (Å²) in [4.78, 5) is 8.96. The van der Waals surface area contributed by atoms with Crippen LogP contribution in [0.3, 0.4) is 0 Å². The molecular weight excluding hydrogens is 326 g/mol. The van der Waals surface area contributed by atoms with Crippen molar-refractivity contribution in [3.8, 4) is 17.0 Å². The first-order chi connectivity index (χ1) is 12.6. The Hall–Kier alpha value is -3.41. The highest BCUT2D eigenvalue weighted by molar-refractivity contribution is 5.87. The van der Waals surface area contributed by atoms with Crippen LogP contribution < -0.4 is 15.8 Å². The largest absolute Gasteiger partial charge is 0.497 e. The van der Waals surface area contributed by atoms with Crippen LogP contribution in [0.5, 0.6) is 5.75 Å². The molecule has 26 heavy (non-hydrogen) atoms. The predicted octanol–water partition coefficient (Wildman–Crippen LogP) is 3.65. The molecule has 0 aliphatic rings. The first-order valence-electron chi connectivity index (χ1n) is 8.22. The molecule has 0 atom stereocenters. The van der Waals surface area contributed by atoms with Crippen LogP contribution in [-0.4, -0.2) is 23.3 Å². The number of hydrogen-bond donors (Lipinski definition) is 3. The van der Waals surface area contributed by atoms with Crippen LogP contribution in [0.4, 0.5) is 11.5 Å². The Kier molecular flexibility index (Phi) is 5.12. The molecule has 1 heterocycles. The first-order valence-corrected chi connectivity index (χ1v) is 8.22. The summed E-state index contributed by atoms with van der Waals surface area (Å²) in [5.41, 5.74) is 9.89. The normalized spacial score (nSPS) is 10.4. The van der Waals surface area contributed by atoms with Crippen LogP contribution in [0.1, 0.15) is 17.0 Å². The molecule has 0 fully saturated rings. The van der Waals surface area contributed by atoms with Gasteiger partial charge < -0.3 is 21.2 Å². The second-order valence-corrected chi connectivity index (χ2v) is 5.88. The highest BCUT2D eigenvalue weighted by Crippen LogP contribution is 2.24. The minimum Gasteiger partial charge on any atom is -0.497 e. The van der Waals surface area contributed by atoms with Crippen LogP contribution >= 0.6 is 0 Å². The van der Waals surface area contributed by atoms with Gasteiger partial charge in [-0.05, 0) is 36.8 Å². The Morgan fingerprint density at radius 1 is 1.15 bits per heavy atom. The van der Waals surface area contributed by atoms with Gasteiger partial charge in [0.2, 0.25) is 0 Å². The van der Waals surface area contributed by atoms with Gasteiger partial charge in [-0.25, -0.2) is 9.97 Å². The number of nitrogens with zero attached hydrogens (tertiary/aromatic N) is 2. The smallest absolute Gasteiger partial charge is 0.130 e. The lowest BCUT2D eigenvalue weighted by Crippen LogP contribution is -2.04. The van der Waals surface area contributed by atoms with Crippen molar-refractivity contribution in [1.82, 2.24) is 9.97 Å². The van der Waals surface area contributed by atoms with E-state index in [9.17, 15) is 0 Å². The average molecular weight is 347 g/mol. The summed E-state index contributed by atoms with van der Waals surface area (Å²) in [6, 6.07) is 15.3. The van der Waals surface area contributed by atoms with E-state index >= 15 is 0 Å². The topological polar surface area (TPSA) is 96.9 Å². The van der Waals surface area contributed by atoms with Gasteiger partial charge in [-0.3, -0.25) is 0 Å². The van der Waals surface area contributed by atoms with Crippen molar-refractivity contribution in [2.24, 2.45) is 0 Å². The molecule has 1 aromatic heterocycles. The van der Waals surface area contributed by atoms with Crippen LogP contribution in [0.2, 0.25) is 0 Å². The summed E-state index contributed by atoms with van der Waals surface area (Å²) < 4.78 is 5.25. The number of benzene rings is 2. The molecule has 132 valence electrons. The summed E-state index contributed by atoms with van der Waals surface area (Å²) >= 11 is 0. The van der Waals surface area contributed by atoms with Gasteiger partial charge in [0.05, 0.1) is 12.8 Å².